The molecule has 2 rings (SSSR count). The number of halogens is 3. The van der Waals surface area contributed by atoms with Gasteiger partial charge in [-0.2, -0.15) is 0 Å². The van der Waals surface area contributed by atoms with E-state index in [0.29, 0.717) is 16.0 Å². The standard InChI is InChI=1S/C10H6BrClFN3/c11-6-2-1-3-7(13)10(6)16-9-5-14-4-8(12)15-9/h1-5H,(H,15,16). The maximum absolute atomic E-state index is 13.5. The van der Waals surface area contributed by atoms with E-state index in [0.717, 1.165) is 0 Å². The van der Waals surface area contributed by atoms with Crippen molar-refractivity contribution in [1.82, 2.24) is 9.97 Å². The van der Waals surface area contributed by atoms with Gasteiger partial charge < -0.3 is 5.32 Å². The van der Waals surface area contributed by atoms with Crippen LogP contribution in [0.5, 0.6) is 0 Å². The summed E-state index contributed by atoms with van der Waals surface area (Å²) in [4.78, 5) is 7.80. The van der Waals surface area contributed by atoms with Crippen LogP contribution in [0.4, 0.5) is 15.9 Å². The Hall–Kier alpha value is -1.20. The molecule has 0 saturated carbocycles. The molecule has 82 valence electrons. The van der Waals surface area contributed by atoms with Crippen LogP contribution < -0.4 is 5.32 Å². The molecule has 6 heteroatoms. The quantitative estimate of drug-likeness (QED) is 0.917. The summed E-state index contributed by atoms with van der Waals surface area (Å²) in [5.41, 5.74) is 0.305. The molecular formula is C10H6BrClFN3. The molecule has 0 bridgehead atoms. The van der Waals surface area contributed by atoms with Crippen molar-refractivity contribution in [2.75, 3.05) is 5.32 Å². The normalized spacial score (nSPS) is 10.2. The predicted octanol–water partition coefficient (Wildman–Crippen LogP) is 3.78. The zero-order valence-corrected chi connectivity index (χ0v) is 10.3. The minimum atomic E-state index is -0.379. The Morgan fingerprint density at radius 3 is 2.81 bits per heavy atom. The van der Waals surface area contributed by atoms with Gasteiger partial charge in [0.2, 0.25) is 0 Å². The number of benzene rings is 1. The second-order valence-electron chi connectivity index (χ2n) is 2.95. The van der Waals surface area contributed by atoms with E-state index in [1.807, 2.05) is 0 Å². The Labute approximate surface area is 105 Å². The molecule has 0 fully saturated rings. The van der Waals surface area contributed by atoms with Crippen LogP contribution in [0.2, 0.25) is 5.15 Å². The van der Waals surface area contributed by atoms with Gasteiger partial charge in [0.15, 0.2) is 5.82 Å². The molecule has 16 heavy (non-hydrogen) atoms. The van der Waals surface area contributed by atoms with Crippen molar-refractivity contribution in [3.8, 4) is 0 Å². The minimum Gasteiger partial charge on any atom is -0.336 e. The second kappa shape index (κ2) is 4.76. The van der Waals surface area contributed by atoms with Crippen LogP contribution in [0.15, 0.2) is 35.1 Å². The van der Waals surface area contributed by atoms with Crippen LogP contribution in [0.1, 0.15) is 0 Å². The molecule has 1 aromatic heterocycles. The molecule has 1 N–H and O–H groups in total. The van der Waals surface area contributed by atoms with Crippen LogP contribution in [0.3, 0.4) is 0 Å². The predicted molar refractivity (Wildman–Crippen MR) is 64.4 cm³/mol. The van der Waals surface area contributed by atoms with Gasteiger partial charge in [0.25, 0.3) is 0 Å². The average Bonchev–Trinajstić information content (AvgIpc) is 2.24. The van der Waals surface area contributed by atoms with Crippen LogP contribution >= 0.6 is 27.5 Å². The molecule has 0 atom stereocenters. The second-order valence-corrected chi connectivity index (χ2v) is 4.19. The summed E-state index contributed by atoms with van der Waals surface area (Å²) in [6, 6.07) is 4.68. The van der Waals surface area contributed by atoms with Crippen molar-refractivity contribution in [3.63, 3.8) is 0 Å². The first-order valence-corrected chi connectivity index (χ1v) is 5.52. The van der Waals surface area contributed by atoms with Gasteiger partial charge in [-0.1, -0.05) is 17.7 Å². The summed E-state index contributed by atoms with van der Waals surface area (Å²) >= 11 is 8.91. The van der Waals surface area contributed by atoms with Crippen molar-refractivity contribution in [2.45, 2.75) is 0 Å². The first kappa shape index (κ1) is 11.3. The van der Waals surface area contributed by atoms with Crippen LogP contribution in [-0.2, 0) is 0 Å². The first-order chi connectivity index (χ1) is 7.66. The number of hydrogen-bond donors (Lipinski definition) is 1. The highest BCUT2D eigenvalue weighted by Gasteiger charge is 2.07. The molecular weight excluding hydrogens is 296 g/mol. The summed E-state index contributed by atoms with van der Waals surface area (Å²) in [5, 5.41) is 3.05. The summed E-state index contributed by atoms with van der Waals surface area (Å²) in [7, 11) is 0. The SMILES string of the molecule is Fc1cccc(Br)c1Nc1cncc(Cl)n1. The third-order valence-corrected chi connectivity index (χ3v) is 2.66. The summed E-state index contributed by atoms with van der Waals surface area (Å²) in [6.45, 7) is 0. The minimum absolute atomic E-state index is 0.248. The molecule has 0 radical (unpaired) electrons. The highest BCUT2D eigenvalue weighted by atomic mass is 79.9. The lowest BCUT2D eigenvalue weighted by Crippen LogP contribution is -1.97. The lowest BCUT2D eigenvalue weighted by Gasteiger charge is -2.08. The van der Waals surface area contributed by atoms with Gasteiger partial charge in [-0.15, -0.1) is 0 Å². The van der Waals surface area contributed by atoms with Crippen molar-refractivity contribution < 1.29 is 4.39 Å². The van der Waals surface area contributed by atoms with Crippen molar-refractivity contribution in [2.24, 2.45) is 0 Å². The Bertz CT molecular complexity index is 501. The number of nitrogens with one attached hydrogen (secondary N) is 1. The van der Waals surface area contributed by atoms with E-state index in [4.69, 9.17) is 11.6 Å². The molecule has 0 amide bonds. The van der Waals surface area contributed by atoms with E-state index in [1.165, 1.54) is 18.5 Å². The highest BCUT2D eigenvalue weighted by molar-refractivity contribution is 9.10. The van der Waals surface area contributed by atoms with Gasteiger partial charge in [-0.25, -0.2) is 9.37 Å². The van der Waals surface area contributed by atoms with Gasteiger partial charge in [0.1, 0.15) is 11.0 Å². The Morgan fingerprint density at radius 1 is 1.31 bits per heavy atom. The van der Waals surface area contributed by atoms with Gasteiger partial charge in [-0.3, -0.25) is 4.98 Å². The number of para-hydroxylation sites is 1. The number of aromatic nitrogens is 2. The van der Waals surface area contributed by atoms with E-state index in [9.17, 15) is 4.39 Å². The van der Waals surface area contributed by atoms with Gasteiger partial charge >= 0.3 is 0 Å². The van der Waals surface area contributed by atoms with Crippen molar-refractivity contribution >= 4 is 39.0 Å². The zero-order valence-electron chi connectivity index (χ0n) is 7.92. The average molecular weight is 303 g/mol. The summed E-state index contributed by atoms with van der Waals surface area (Å²) in [6.07, 6.45) is 2.87. The smallest absolute Gasteiger partial charge is 0.150 e. The van der Waals surface area contributed by atoms with Gasteiger partial charge in [-0.05, 0) is 28.1 Å². The monoisotopic (exact) mass is 301 g/mol. The molecule has 0 aliphatic rings. The Kier molecular flexibility index (Phi) is 3.36. The van der Waals surface area contributed by atoms with Crippen LogP contribution in [-0.4, -0.2) is 9.97 Å². The number of anilines is 2. The first-order valence-electron chi connectivity index (χ1n) is 4.35. The molecule has 0 spiro atoms. The maximum Gasteiger partial charge on any atom is 0.150 e. The van der Waals surface area contributed by atoms with E-state index in [-0.39, 0.29) is 11.0 Å². The number of nitrogens with zero attached hydrogens (tertiary/aromatic N) is 2. The van der Waals surface area contributed by atoms with Gasteiger partial charge in [0, 0.05) is 4.47 Å². The molecule has 2 aromatic rings. The maximum atomic E-state index is 13.5. The fourth-order valence-corrected chi connectivity index (χ4v) is 1.74. The lowest BCUT2D eigenvalue weighted by molar-refractivity contribution is 0.631. The van der Waals surface area contributed by atoms with E-state index in [2.05, 4.69) is 31.2 Å². The van der Waals surface area contributed by atoms with Crippen LogP contribution in [0, 0.1) is 5.82 Å². The molecule has 0 aliphatic heterocycles. The highest BCUT2D eigenvalue weighted by Crippen LogP contribution is 2.27. The van der Waals surface area contributed by atoms with E-state index >= 15 is 0 Å². The largest absolute Gasteiger partial charge is 0.336 e. The third kappa shape index (κ3) is 2.48. The molecule has 0 unspecified atom stereocenters. The molecule has 1 heterocycles. The Balaban J connectivity index is 2.34. The summed E-state index contributed by atoms with van der Waals surface area (Å²) in [5.74, 6) is 0.00875. The molecule has 1 aromatic carbocycles. The fraction of sp³-hybridized carbons (Fsp3) is 0. The van der Waals surface area contributed by atoms with Crippen molar-refractivity contribution in [1.29, 1.82) is 0 Å². The molecule has 0 aliphatic carbocycles. The summed E-state index contributed by atoms with van der Waals surface area (Å²) < 4.78 is 14.1. The van der Waals surface area contributed by atoms with Crippen LogP contribution in [0.25, 0.3) is 0 Å². The molecule has 0 saturated heterocycles. The van der Waals surface area contributed by atoms with Gasteiger partial charge in [0.05, 0.1) is 18.1 Å². The van der Waals surface area contributed by atoms with Crippen molar-refractivity contribution in [3.05, 3.63) is 46.0 Å². The topological polar surface area (TPSA) is 37.8 Å². The zero-order chi connectivity index (χ0) is 11.5. The lowest BCUT2D eigenvalue weighted by atomic mass is 10.3. The third-order valence-electron chi connectivity index (χ3n) is 1.82. The molecule has 3 nitrogen and oxygen atoms in total. The number of hydrogen-bond acceptors (Lipinski definition) is 3. The van der Waals surface area contributed by atoms with E-state index in [1.54, 1.807) is 12.1 Å². The van der Waals surface area contributed by atoms with E-state index < -0.39 is 0 Å². The Morgan fingerprint density at radius 2 is 2.12 bits per heavy atom. The fourth-order valence-electron chi connectivity index (χ4n) is 1.15. The number of rotatable bonds is 2.